The minimum atomic E-state index is 0.203. The fourth-order valence-electron chi connectivity index (χ4n) is 1.19. The van der Waals surface area contributed by atoms with Crippen molar-refractivity contribution < 1.29 is 0 Å². The van der Waals surface area contributed by atoms with E-state index in [1.165, 1.54) is 0 Å². The van der Waals surface area contributed by atoms with Crippen LogP contribution in [0.3, 0.4) is 0 Å². The molecule has 0 spiro atoms. The normalized spacial score (nSPS) is 10.9. The van der Waals surface area contributed by atoms with Crippen molar-refractivity contribution in [3.63, 3.8) is 0 Å². The summed E-state index contributed by atoms with van der Waals surface area (Å²) < 4.78 is 0. The lowest BCUT2D eigenvalue weighted by Crippen LogP contribution is -2.04. The van der Waals surface area contributed by atoms with Crippen molar-refractivity contribution >= 4 is 11.6 Å². The Morgan fingerprint density at radius 2 is 2.00 bits per heavy atom. The van der Waals surface area contributed by atoms with E-state index in [0.29, 0.717) is 10.8 Å². The molecular weight excluding hydrogens is 212 g/mol. The number of tetrazole rings is 1. The highest BCUT2D eigenvalue weighted by atomic mass is 35.5. The molecule has 2 rings (SSSR count). The van der Waals surface area contributed by atoms with Gasteiger partial charge in [0.05, 0.1) is 11.1 Å². The lowest BCUT2D eigenvalue weighted by Gasteiger charge is -2.00. The first-order valence-electron chi connectivity index (χ1n) is 4.73. The van der Waals surface area contributed by atoms with E-state index in [2.05, 4.69) is 15.4 Å². The standard InChI is InChI=1S/C10H11ClN4/c1-7(2)15-13-10(12-14-15)8-5-3-4-6-9(8)11/h3-7H,1-2H3. The van der Waals surface area contributed by atoms with Gasteiger partial charge < -0.3 is 0 Å². The second kappa shape index (κ2) is 3.98. The molecule has 0 amide bonds. The van der Waals surface area contributed by atoms with Crippen molar-refractivity contribution in [2.45, 2.75) is 19.9 Å². The largest absolute Gasteiger partial charge is 0.206 e. The van der Waals surface area contributed by atoms with E-state index in [4.69, 9.17) is 11.6 Å². The van der Waals surface area contributed by atoms with Crippen LogP contribution in [0, 0.1) is 0 Å². The first-order chi connectivity index (χ1) is 7.18. The van der Waals surface area contributed by atoms with Crippen LogP contribution in [0.25, 0.3) is 11.4 Å². The quantitative estimate of drug-likeness (QED) is 0.785. The Morgan fingerprint density at radius 3 is 2.60 bits per heavy atom. The van der Waals surface area contributed by atoms with Crippen molar-refractivity contribution in [3.05, 3.63) is 29.3 Å². The Balaban J connectivity index is 2.42. The van der Waals surface area contributed by atoms with Crippen molar-refractivity contribution in [2.75, 3.05) is 0 Å². The molecule has 15 heavy (non-hydrogen) atoms. The van der Waals surface area contributed by atoms with E-state index in [1.54, 1.807) is 4.80 Å². The molecule has 0 saturated carbocycles. The van der Waals surface area contributed by atoms with Gasteiger partial charge in [0, 0.05) is 5.56 Å². The maximum absolute atomic E-state index is 6.03. The zero-order valence-corrected chi connectivity index (χ0v) is 9.31. The number of hydrogen-bond donors (Lipinski definition) is 0. The molecule has 0 radical (unpaired) electrons. The summed E-state index contributed by atoms with van der Waals surface area (Å²) in [7, 11) is 0. The Hall–Kier alpha value is -1.42. The molecule has 0 atom stereocenters. The van der Waals surface area contributed by atoms with Crippen LogP contribution in [0.15, 0.2) is 24.3 Å². The molecule has 1 aromatic heterocycles. The third kappa shape index (κ3) is 1.99. The molecule has 0 aliphatic carbocycles. The summed E-state index contributed by atoms with van der Waals surface area (Å²) in [5, 5.41) is 12.8. The van der Waals surface area contributed by atoms with Gasteiger partial charge in [0.2, 0.25) is 5.82 Å². The topological polar surface area (TPSA) is 43.6 Å². The predicted molar refractivity (Wildman–Crippen MR) is 58.6 cm³/mol. The Bertz CT molecular complexity index is 464. The molecule has 0 bridgehead atoms. The first kappa shape index (κ1) is 10.1. The minimum Gasteiger partial charge on any atom is -0.161 e. The lowest BCUT2D eigenvalue weighted by atomic mass is 10.2. The van der Waals surface area contributed by atoms with Gasteiger partial charge in [-0.25, -0.2) is 0 Å². The van der Waals surface area contributed by atoms with Crippen LogP contribution in [0.2, 0.25) is 5.02 Å². The van der Waals surface area contributed by atoms with Crippen molar-refractivity contribution in [2.24, 2.45) is 0 Å². The van der Waals surface area contributed by atoms with Gasteiger partial charge in [-0.1, -0.05) is 23.7 Å². The SMILES string of the molecule is CC(C)n1nnc(-c2ccccc2Cl)n1. The number of benzene rings is 1. The Morgan fingerprint density at radius 1 is 1.27 bits per heavy atom. The average molecular weight is 223 g/mol. The third-order valence-electron chi connectivity index (χ3n) is 2.00. The van der Waals surface area contributed by atoms with Crippen LogP contribution in [-0.2, 0) is 0 Å². The van der Waals surface area contributed by atoms with Crippen LogP contribution in [0.1, 0.15) is 19.9 Å². The third-order valence-corrected chi connectivity index (χ3v) is 2.33. The van der Waals surface area contributed by atoms with Gasteiger partial charge in [0.25, 0.3) is 0 Å². The summed E-state index contributed by atoms with van der Waals surface area (Å²) in [4.78, 5) is 1.57. The molecule has 2 aromatic rings. The maximum atomic E-state index is 6.03. The summed E-state index contributed by atoms with van der Waals surface area (Å²) in [6.45, 7) is 4.00. The predicted octanol–water partition coefficient (Wildman–Crippen LogP) is 2.57. The van der Waals surface area contributed by atoms with Gasteiger partial charge in [-0.3, -0.25) is 0 Å². The second-order valence-electron chi connectivity index (χ2n) is 3.51. The van der Waals surface area contributed by atoms with Gasteiger partial charge in [-0.15, -0.1) is 10.2 Å². The molecule has 1 heterocycles. The van der Waals surface area contributed by atoms with Crippen LogP contribution < -0.4 is 0 Å². The molecule has 1 aromatic carbocycles. The summed E-state index contributed by atoms with van der Waals surface area (Å²) >= 11 is 6.03. The number of aromatic nitrogens is 4. The summed E-state index contributed by atoms with van der Waals surface area (Å²) in [6, 6.07) is 7.67. The first-order valence-corrected chi connectivity index (χ1v) is 5.10. The van der Waals surface area contributed by atoms with Crippen molar-refractivity contribution in [3.8, 4) is 11.4 Å². The van der Waals surface area contributed by atoms with E-state index >= 15 is 0 Å². The number of halogens is 1. The maximum Gasteiger partial charge on any atom is 0.206 e. The highest BCUT2D eigenvalue weighted by Gasteiger charge is 2.10. The summed E-state index contributed by atoms with van der Waals surface area (Å²) in [5.41, 5.74) is 0.811. The smallest absolute Gasteiger partial charge is 0.161 e. The number of hydrogen-bond acceptors (Lipinski definition) is 3. The monoisotopic (exact) mass is 222 g/mol. The second-order valence-corrected chi connectivity index (χ2v) is 3.91. The highest BCUT2D eigenvalue weighted by molar-refractivity contribution is 6.33. The molecule has 78 valence electrons. The zero-order valence-electron chi connectivity index (χ0n) is 8.55. The fraction of sp³-hybridized carbons (Fsp3) is 0.300. The van der Waals surface area contributed by atoms with Gasteiger partial charge >= 0.3 is 0 Å². The van der Waals surface area contributed by atoms with Crippen molar-refractivity contribution in [1.82, 2.24) is 20.2 Å². The lowest BCUT2D eigenvalue weighted by molar-refractivity contribution is 0.455. The zero-order chi connectivity index (χ0) is 10.8. The molecule has 0 N–H and O–H groups in total. The molecule has 0 saturated heterocycles. The fourth-order valence-corrected chi connectivity index (χ4v) is 1.41. The van der Waals surface area contributed by atoms with Crippen LogP contribution in [0.4, 0.5) is 0 Å². The molecule has 0 aliphatic rings. The van der Waals surface area contributed by atoms with E-state index in [1.807, 2.05) is 38.1 Å². The van der Waals surface area contributed by atoms with Crippen LogP contribution in [0.5, 0.6) is 0 Å². The van der Waals surface area contributed by atoms with E-state index in [9.17, 15) is 0 Å². The van der Waals surface area contributed by atoms with E-state index < -0.39 is 0 Å². The number of nitrogens with zero attached hydrogens (tertiary/aromatic N) is 4. The van der Waals surface area contributed by atoms with Gasteiger partial charge in [-0.2, -0.15) is 4.80 Å². The highest BCUT2D eigenvalue weighted by Crippen LogP contribution is 2.23. The van der Waals surface area contributed by atoms with Crippen molar-refractivity contribution in [1.29, 1.82) is 0 Å². The number of rotatable bonds is 2. The van der Waals surface area contributed by atoms with Gasteiger partial charge in [0.1, 0.15) is 0 Å². The minimum absolute atomic E-state index is 0.203. The van der Waals surface area contributed by atoms with E-state index in [0.717, 1.165) is 5.56 Å². The molecule has 4 nitrogen and oxygen atoms in total. The Kier molecular flexibility index (Phi) is 2.68. The Labute approximate surface area is 92.9 Å². The van der Waals surface area contributed by atoms with Gasteiger partial charge in [-0.05, 0) is 31.2 Å². The van der Waals surface area contributed by atoms with Gasteiger partial charge in [0.15, 0.2) is 0 Å². The molecule has 0 fully saturated rings. The summed E-state index contributed by atoms with van der Waals surface area (Å²) in [6.07, 6.45) is 0. The van der Waals surface area contributed by atoms with Crippen LogP contribution in [-0.4, -0.2) is 20.2 Å². The van der Waals surface area contributed by atoms with E-state index in [-0.39, 0.29) is 6.04 Å². The van der Waals surface area contributed by atoms with Crippen LogP contribution >= 0.6 is 11.6 Å². The molecular formula is C10H11ClN4. The molecule has 5 heteroatoms. The molecule has 0 unspecified atom stereocenters. The average Bonchev–Trinajstić information content (AvgIpc) is 2.67. The molecule has 0 aliphatic heterocycles. The summed E-state index contributed by atoms with van der Waals surface area (Å²) in [5.74, 6) is 0.564.